The topological polar surface area (TPSA) is 42.4 Å². The van der Waals surface area contributed by atoms with Gasteiger partial charge in [-0.1, -0.05) is 15.9 Å². The molecular formula is C12H17BrN2O2. The van der Waals surface area contributed by atoms with Crippen molar-refractivity contribution in [3.63, 3.8) is 0 Å². The Morgan fingerprint density at radius 3 is 2.76 bits per heavy atom. The minimum atomic E-state index is -0.00556. The molecule has 0 fully saturated rings. The van der Waals surface area contributed by atoms with E-state index >= 15 is 0 Å². The Bertz CT molecular complexity index is 354. The highest BCUT2D eigenvalue weighted by molar-refractivity contribution is 9.09. The van der Waals surface area contributed by atoms with Gasteiger partial charge in [0.2, 0.25) is 0 Å². The number of aryl methyl sites for hydroxylation is 1. The molecule has 0 aliphatic rings. The van der Waals surface area contributed by atoms with Gasteiger partial charge in [-0.3, -0.25) is 9.78 Å². The van der Waals surface area contributed by atoms with E-state index in [4.69, 9.17) is 4.74 Å². The lowest BCUT2D eigenvalue weighted by molar-refractivity contribution is 0.0708. The summed E-state index contributed by atoms with van der Waals surface area (Å²) in [5.74, 6) is -0.00556. The predicted molar refractivity (Wildman–Crippen MR) is 70.5 cm³/mol. The average molecular weight is 301 g/mol. The molecule has 0 N–H and O–H groups in total. The second kappa shape index (κ2) is 7.40. The number of methoxy groups -OCH3 is 1. The second-order valence-electron chi connectivity index (χ2n) is 3.66. The fraction of sp³-hybridized carbons (Fsp3) is 0.500. The number of hydrogen-bond acceptors (Lipinski definition) is 3. The van der Waals surface area contributed by atoms with Crippen LogP contribution in [0.15, 0.2) is 18.3 Å². The average Bonchev–Trinajstić information content (AvgIpc) is 2.34. The number of rotatable bonds is 6. The summed E-state index contributed by atoms with van der Waals surface area (Å²) in [6, 6.07) is 3.65. The lowest BCUT2D eigenvalue weighted by Crippen LogP contribution is -2.35. The molecule has 1 amide bonds. The second-order valence-corrected chi connectivity index (χ2v) is 4.46. The molecule has 1 heterocycles. The third-order valence-corrected chi connectivity index (χ3v) is 2.72. The van der Waals surface area contributed by atoms with Crippen LogP contribution in [-0.4, -0.2) is 47.9 Å². The zero-order chi connectivity index (χ0) is 12.7. The van der Waals surface area contributed by atoms with Crippen molar-refractivity contribution in [1.82, 2.24) is 9.88 Å². The van der Waals surface area contributed by atoms with Crippen molar-refractivity contribution in [1.29, 1.82) is 0 Å². The lowest BCUT2D eigenvalue weighted by Gasteiger charge is -2.21. The van der Waals surface area contributed by atoms with E-state index < -0.39 is 0 Å². The number of pyridine rings is 1. The summed E-state index contributed by atoms with van der Waals surface area (Å²) in [7, 11) is 1.63. The molecular weight excluding hydrogens is 284 g/mol. The maximum atomic E-state index is 12.2. The van der Waals surface area contributed by atoms with Gasteiger partial charge in [0.1, 0.15) is 0 Å². The summed E-state index contributed by atoms with van der Waals surface area (Å²) < 4.78 is 5.00. The van der Waals surface area contributed by atoms with Crippen molar-refractivity contribution in [2.24, 2.45) is 0 Å². The van der Waals surface area contributed by atoms with E-state index in [1.165, 1.54) is 0 Å². The minimum Gasteiger partial charge on any atom is -0.383 e. The van der Waals surface area contributed by atoms with Crippen molar-refractivity contribution in [2.75, 3.05) is 32.1 Å². The quantitative estimate of drug-likeness (QED) is 0.753. The molecule has 94 valence electrons. The van der Waals surface area contributed by atoms with Gasteiger partial charge in [0.05, 0.1) is 12.2 Å². The number of carbonyl (C=O) groups is 1. The monoisotopic (exact) mass is 300 g/mol. The van der Waals surface area contributed by atoms with Crippen LogP contribution in [0.3, 0.4) is 0 Å². The molecule has 1 rings (SSSR count). The first kappa shape index (κ1) is 14.1. The normalized spacial score (nSPS) is 10.3. The molecule has 0 aromatic carbocycles. The number of aromatic nitrogens is 1. The Morgan fingerprint density at radius 2 is 2.24 bits per heavy atom. The zero-order valence-electron chi connectivity index (χ0n) is 10.1. The maximum Gasteiger partial charge on any atom is 0.255 e. The summed E-state index contributed by atoms with van der Waals surface area (Å²) in [6.07, 6.45) is 1.62. The van der Waals surface area contributed by atoms with Crippen LogP contribution in [0.4, 0.5) is 0 Å². The molecule has 0 radical (unpaired) electrons. The van der Waals surface area contributed by atoms with Crippen LogP contribution in [0.2, 0.25) is 0 Å². The van der Waals surface area contributed by atoms with Gasteiger partial charge >= 0.3 is 0 Å². The molecule has 4 nitrogen and oxygen atoms in total. The standard InChI is InChI=1S/C12H17BrN2O2/c1-10-3-4-11(9-14-10)12(16)15(6-5-13)7-8-17-2/h3-4,9H,5-8H2,1-2H3. The summed E-state index contributed by atoms with van der Waals surface area (Å²) in [4.78, 5) is 18.0. The van der Waals surface area contributed by atoms with Crippen LogP contribution >= 0.6 is 15.9 Å². The van der Waals surface area contributed by atoms with E-state index in [0.29, 0.717) is 25.3 Å². The number of alkyl halides is 1. The van der Waals surface area contributed by atoms with Gasteiger partial charge in [-0.05, 0) is 19.1 Å². The van der Waals surface area contributed by atoms with E-state index in [9.17, 15) is 4.79 Å². The van der Waals surface area contributed by atoms with E-state index in [2.05, 4.69) is 20.9 Å². The molecule has 0 aliphatic heterocycles. The van der Waals surface area contributed by atoms with Gasteiger partial charge in [0, 0.05) is 37.4 Å². The number of ether oxygens (including phenoxy) is 1. The molecule has 0 unspecified atom stereocenters. The Balaban J connectivity index is 2.72. The number of amides is 1. The van der Waals surface area contributed by atoms with E-state index in [-0.39, 0.29) is 5.91 Å². The highest BCUT2D eigenvalue weighted by Gasteiger charge is 2.14. The molecule has 1 aromatic rings. The van der Waals surface area contributed by atoms with Crippen molar-refractivity contribution in [3.8, 4) is 0 Å². The number of hydrogen-bond donors (Lipinski definition) is 0. The molecule has 0 aliphatic carbocycles. The van der Waals surface area contributed by atoms with E-state index in [0.717, 1.165) is 11.0 Å². The fourth-order valence-electron chi connectivity index (χ4n) is 1.40. The fourth-order valence-corrected chi connectivity index (χ4v) is 1.82. The predicted octanol–water partition coefficient (Wildman–Crippen LogP) is 1.87. The molecule has 0 atom stereocenters. The van der Waals surface area contributed by atoms with Crippen molar-refractivity contribution in [2.45, 2.75) is 6.92 Å². The number of halogens is 1. The SMILES string of the molecule is COCCN(CCBr)C(=O)c1ccc(C)nc1. The van der Waals surface area contributed by atoms with Crippen LogP contribution in [0.25, 0.3) is 0 Å². The third kappa shape index (κ3) is 4.44. The summed E-state index contributed by atoms with van der Waals surface area (Å²) >= 11 is 3.34. The Labute approximate surface area is 110 Å². The molecule has 5 heteroatoms. The van der Waals surface area contributed by atoms with E-state index in [1.807, 2.05) is 13.0 Å². The summed E-state index contributed by atoms with van der Waals surface area (Å²) in [5, 5.41) is 0.752. The molecule has 0 bridgehead atoms. The van der Waals surface area contributed by atoms with Gasteiger partial charge in [-0.2, -0.15) is 0 Å². The highest BCUT2D eigenvalue weighted by atomic mass is 79.9. The van der Waals surface area contributed by atoms with Crippen molar-refractivity contribution < 1.29 is 9.53 Å². The van der Waals surface area contributed by atoms with Crippen LogP contribution in [0.1, 0.15) is 16.1 Å². The molecule has 0 saturated carbocycles. The maximum absolute atomic E-state index is 12.2. The zero-order valence-corrected chi connectivity index (χ0v) is 11.7. The largest absolute Gasteiger partial charge is 0.383 e. The van der Waals surface area contributed by atoms with Crippen molar-refractivity contribution in [3.05, 3.63) is 29.6 Å². The minimum absolute atomic E-state index is 0.00556. The van der Waals surface area contributed by atoms with Crippen LogP contribution in [0, 0.1) is 6.92 Å². The third-order valence-electron chi connectivity index (χ3n) is 2.37. The highest BCUT2D eigenvalue weighted by Crippen LogP contribution is 2.05. The molecule has 0 saturated heterocycles. The van der Waals surface area contributed by atoms with Gasteiger partial charge in [0.15, 0.2) is 0 Å². The van der Waals surface area contributed by atoms with Crippen LogP contribution in [-0.2, 0) is 4.74 Å². The summed E-state index contributed by atoms with van der Waals surface area (Å²) in [6.45, 7) is 3.69. The van der Waals surface area contributed by atoms with Crippen LogP contribution < -0.4 is 0 Å². The van der Waals surface area contributed by atoms with Crippen LogP contribution in [0.5, 0.6) is 0 Å². The van der Waals surface area contributed by atoms with Gasteiger partial charge < -0.3 is 9.64 Å². The van der Waals surface area contributed by atoms with Gasteiger partial charge in [0.25, 0.3) is 5.91 Å². The first-order valence-electron chi connectivity index (χ1n) is 5.46. The molecule has 1 aromatic heterocycles. The lowest BCUT2D eigenvalue weighted by atomic mass is 10.2. The Kier molecular flexibility index (Phi) is 6.15. The first-order chi connectivity index (χ1) is 8.19. The first-order valence-corrected chi connectivity index (χ1v) is 6.58. The number of nitrogens with zero attached hydrogens (tertiary/aromatic N) is 2. The Hall–Kier alpha value is -0.940. The molecule has 17 heavy (non-hydrogen) atoms. The molecule has 0 spiro atoms. The number of carbonyl (C=O) groups excluding carboxylic acids is 1. The van der Waals surface area contributed by atoms with Gasteiger partial charge in [-0.25, -0.2) is 0 Å². The van der Waals surface area contributed by atoms with E-state index in [1.54, 1.807) is 24.3 Å². The van der Waals surface area contributed by atoms with Gasteiger partial charge in [-0.15, -0.1) is 0 Å². The summed E-state index contributed by atoms with van der Waals surface area (Å²) in [5.41, 5.74) is 1.53. The smallest absolute Gasteiger partial charge is 0.255 e. The Morgan fingerprint density at radius 1 is 1.47 bits per heavy atom. The van der Waals surface area contributed by atoms with Crippen molar-refractivity contribution >= 4 is 21.8 Å².